The number of alkyl halides is 3. The van der Waals surface area contributed by atoms with Gasteiger partial charge in [-0.05, 0) is 43.2 Å². The number of aliphatic hydroxyl groups is 1. The van der Waals surface area contributed by atoms with E-state index in [0.29, 0.717) is 37.2 Å². The number of piperidine rings is 1. The number of halogens is 4. The summed E-state index contributed by atoms with van der Waals surface area (Å²) >= 11 is 0. The highest BCUT2D eigenvalue weighted by Crippen LogP contribution is 2.30. The number of nitrogens with zero attached hydrogens (tertiary/aromatic N) is 2. The van der Waals surface area contributed by atoms with Crippen molar-refractivity contribution in [3.05, 3.63) is 42.3 Å². The molecular weight excluding hydrogens is 340 g/mol. The average Bonchev–Trinajstić information content (AvgIpc) is 2.56. The number of benzene rings is 1. The smallest absolute Gasteiger partial charge is 0.403 e. The summed E-state index contributed by atoms with van der Waals surface area (Å²) in [4.78, 5) is 6.24. The van der Waals surface area contributed by atoms with Crippen LogP contribution in [0.4, 0.5) is 23.2 Å². The van der Waals surface area contributed by atoms with Gasteiger partial charge in [-0.25, -0.2) is 4.39 Å². The Labute approximate surface area is 141 Å². The maximum atomic E-state index is 13.9. The highest BCUT2D eigenvalue weighted by molar-refractivity contribution is 5.65. The van der Waals surface area contributed by atoms with E-state index in [1.165, 1.54) is 6.07 Å². The van der Waals surface area contributed by atoms with Crippen molar-refractivity contribution in [2.75, 3.05) is 18.0 Å². The summed E-state index contributed by atoms with van der Waals surface area (Å²) in [5.41, 5.74) is 1.67. The van der Waals surface area contributed by atoms with Crippen LogP contribution in [0.3, 0.4) is 0 Å². The van der Waals surface area contributed by atoms with Crippen molar-refractivity contribution in [3.63, 3.8) is 0 Å². The molecular formula is C17H16F4N2O2. The molecule has 0 unspecified atom stereocenters. The molecule has 0 radical (unpaired) electrons. The Morgan fingerprint density at radius 2 is 1.84 bits per heavy atom. The molecule has 2 heterocycles. The number of rotatable bonds is 3. The Balaban J connectivity index is 1.82. The lowest BCUT2D eigenvalue weighted by Gasteiger charge is -2.31. The van der Waals surface area contributed by atoms with Gasteiger partial charge >= 0.3 is 6.36 Å². The maximum Gasteiger partial charge on any atom is 0.573 e. The van der Waals surface area contributed by atoms with Gasteiger partial charge in [-0.1, -0.05) is 0 Å². The first-order valence-electron chi connectivity index (χ1n) is 7.76. The largest absolute Gasteiger partial charge is 0.573 e. The molecule has 1 aliphatic rings. The van der Waals surface area contributed by atoms with E-state index in [9.17, 15) is 22.7 Å². The summed E-state index contributed by atoms with van der Waals surface area (Å²) in [7, 11) is 0. The molecule has 1 fully saturated rings. The van der Waals surface area contributed by atoms with E-state index in [-0.39, 0.29) is 6.10 Å². The Bertz CT molecular complexity index is 744. The SMILES string of the molecule is OC1CCN(c2ccnc(-c3ccc(OC(F)(F)F)c(F)c3)c2)CC1. The van der Waals surface area contributed by atoms with Crippen molar-refractivity contribution >= 4 is 5.69 Å². The minimum absolute atomic E-state index is 0.298. The summed E-state index contributed by atoms with van der Waals surface area (Å²) in [6, 6.07) is 6.78. The Morgan fingerprint density at radius 3 is 2.48 bits per heavy atom. The second-order valence-electron chi connectivity index (χ2n) is 5.81. The number of aromatic nitrogens is 1. The van der Waals surface area contributed by atoms with Gasteiger partial charge in [-0.3, -0.25) is 4.98 Å². The van der Waals surface area contributed by atoms with E-state index in [1.54, 1.807) is 18.3 Å². The van der Waals surface area contributed by atoms with Gasteiger partial charge in [0.05, 0.1) is 11.8 Å². The molecule has 0 saturated carbocycles. The number of pyridine rings is 1. The zero-order chi connectivity index (χ0) is 18.0. The van der Waals surface area contributed by atoms with Crippen LogP contribution in [-0.4, -0.2) is 35.6 Å². The second-order valence-corrected chi connectivity index (χ2v) is 5.81. The van der Waals surface area contributed by atoms with E-state index in [4.69, 9.17) is 0 Å². The zero-order valence-electron chi connectivity index (χ0n) is 13.1. The van der Waals surface area contributed by atoms with E-state index in [2.05, 4.69) is 14.6 Å². The van der Waals surface area contributed by atoms with Gasteiger partial charge < -0.3 is 14.7 Å². The van der Waals surface area contributed by atoms with E-state index in [0.717, 1.165) is 17.8 Å². The van der Waals surface area contributed by atoms with Gasteiger partial charge in [-0.2, -0.15) is 0 Å². The third kappa shape index (κ3) is 4.39. The van der Waals surface area contributed by atoms with Gasteiger partial charge in [0.2, 0.25) is 0 Å². The molecule has 1 aromatic heterocycles. The highest BCUT2D eigenvalue weighted by Gasteiger charge is 2.32. The summed E-state index contributed by atoms with van der Waals surface area (Å²) in [6.45, 7) is 1.38. The van der Waals surface area contributed by atoms with Crippen molar-refractivity contribution in [2.24, 2.45) is 0 Å². The highest BCUT2D eigenvalue weighted by atomic mass is 19.4. The summed E-state index contributed by atoms with van der Waals surface area (Å²) in [5.74, 6) is -1.99. The lowest BCUT2D eigenvalue weighted by Crippen LogP contribution is -2.35. The van der Waals surface area contributed by atoms with E-state index < -0.39 is 17.9 Å². The zero-order valence-corrected chi connectivity index (χ0v) is 13.1. The molecule has 1 aliphatic heterocycles. The quantitative estimate of drug-likeness (QED) is 0.851. The molecule has 2 aromatic rings. The topological polar surface area (TPSA) is 45.6 Å². The Morgan fingerprint density at radius 1 is 1.12 bits per heavy atom. The lowest BCUT2D eigenvalue weighted by atomic mass is 10.1. The second kappa shape index (κ2) is 6.87. The molecule has 134 valence electrons. The maximum absolute atomic E-state index is 13.9. The van der Waals surface area contributed by atoms with Crippen LogP contribution in [0.2, 0.25) is 0 Å². The Kier molecular flexibility index (Phi) is 4.80. The molecule has 8 heteroatoms. The molecule has 0 spiro atoms. The predicted molar refractivity (Wildman–Crippen MR) is 83.8 cm³/mol. The molecule has 1 saturated heterocycles. The normalized spacial score (nSPS) is 16.1. The Hall–Kier alpha value is -2.35. The van der Waals surface area contributed by atoms with Gasteiger partial charge in [0.25, 0.3) is 0 Å². The first-order chi connectivity index (χ1) is 11.8. The first kappa shape index (κ1) is 17.5. The fourth-order valence-corrected chi connectivity index (χ4v) is 2.77. The summed E-state index contributed by atoms with van der Waals surface area (Å²) in [6.07, 6.45) is -2.36. The molecule has 25 heavy (non-hydrogen) atoms. The fourth-order valence-electron chi connectivity index (χ4n) is 2.77. The van der Waals surface area contributed by atoms with Crippen molar-refractivity contribution in [1.29, 1.82) is 0 Å². The molecule has 1 aromatic carbocycles. The van der Waals surface area contributed by atoms with Crippen molar-refractivity contribution in [1.82, 2.24) is 4.98 Å². The summed E-state index contributed by atoms with van der Waals surface area (Å²) in [5, 5.41) is 9.57. The number of hydrogen-bond acceptors (Lipinski definition) is 4. The molecule has 0 bridgehead atoms. The number of anilines is 1. The molecule has 1 N–H and O–H groups in total. The van der Waals surface area contributed by atoms with Crippen LogP contribution in [0.1, 0.15) is 12.8 Å². The third-order valence-electron chi connectivity index (χ3n) is 4.03. The molecule has 4 nitrogen and oxygen atoms in total. The first-order valence-corrected chi connectivity index (χ1v) is 7.76. The van der Waals surface area contributed by atoms with Crippen LogP contribution >= 0.6 is 0 Å². The van der Waals surface area contributed by atoms with E-state index in [1.807, 2.05) is 0 Å². The summed E-state index contributed by atoms with van der Waals surface area (Å²) < 4.78 is 54.1. The third-order valence-corrected chi connectivity index (χ3v) is 4.03. The number of ether oxygens (including phenoxy) is 1. The lowest BCUT2D eigenvalue weighted by molar-refractivity contribution is -0.275. The molecule has 3 rings (SSSR count). The van der Waals surface area contributed by atoms with Crippen LogP contribution in [0.5, 0.6) is 5.75 Å². The van der Waals surface area contributed by atoms with Gasteiger partial charge in [-0.15, -0.1) is 13.2 Å². The number of hydrogen-bond donors (Lipinski definition) is 1. The van der Waals surface area contributed by atoms with Crippen molar-refractivity contribution in [3.8, 4) is 17.0 Å². The van der Waals surface area contributed by atoms with E-state index >= 15 is 0 Å². The minimum atomic E-state index is -4.95. The molecule has 0 aliphatic carbocycles. The fraction of sp³-hybridized carbons (Fsp3) is 0.353. The minimum Gasteiger partial charge on any atom is -0.403 e. The van der Waals surface area contributed by atoms with Gasteiger partial charge in [0.15, 0.2) is 11.6 Å². The monoisotopic (exact) mass is 356 g/mol. The van der Waals surface area contributed by atoms with Crippen LogP contribution < -0.4 is 9.64 Å². The van der Waals surface area contributed by atoms with Crippen molar-refractivity contribution < 1.29 is 27.4 Å². The standard InChI is InChI=1S/C17H16F4N2O2/c18-14-9-11(1-2-16(14)25-17(19,20)21)15-10-12(3-6-22-15)23-7-4-13(24)5-8-23/h1-3,6,9-10,13,24H,4-5,7-8H2. The number of aliphatic hydroxyl groups excluding tert-OH is 1. The molecule has 0 amide bonds. The van der Waals surface area contributed by atoms with Gasteiger partial charge in [0.1, 0.15) is 0 Å². The van der Waals surface area contributed by atoms with Crippen LogP contribution in [-0.2, 0) is 0 Å². The van der Waals surface area contributed by atoms with Crippen LogP contribution in [0.15, 0.2) is 36.5 Å². The molecule has 0 atom stereocenters. The van der Waals surface area contributed by atoms with Crippen LogP contribution in [0, 0.1) is 5.82 Å². The van der Waals surface area contributed by atoms with Crippen molar-refractivity contribution in [2.45, 2.75) is 25.3 Å². The van der Waals surface area contributed by atoms with Crippen LogP contribution in [0.25, 0.3) is 11.3 Å². The van der Waals surface area contributed by atoms with Gasteiger partial charge in [0, 0.05) is 30.5 Å². The average molecular weight is 356 g/mol. The predicted octanol–water partition coefficient (Wildman–Crippen LogP) is 3.75.